The largest absolute Gasteiger partial charge is 0.374 e. The first kappa shape index (κ1) is 16.7. The summed E-state index contributed by atoms with van der Waals surface area (Å²) in [5.41, 5.74) is 4.26. The Morgan fingerprint density at radius 1 is 1.00 bits per heavy atom. The second kappa shape index (κ2) is 7.09. The van der Waals surface area contributed by atoms with Gasteiger partial charge in [0.1, 0.15) is 6.04 Å². The Hall–Kier alpha value is -2.62. The van der Waals surface area contributed by atoms with E-state index in [4.69, 9.17) is 0 Å². The molecule has 2 aromatic rings. The lowest BCUT2D eigenvalue weighted by molar-refractivity contribution is -0.116. The van der Waals surface area contributed by atoms with Crippen LogP contribution in [0.1, 0.15) is 35.3 Å². The maximum atomic E-state index is 12.4. The lowest BCUT2D eigenvalue weighted by Gasteiger charge is -2.18. The Bertz CT molecular complexity index is 738. The van der Waals surface area contributed by atoms with Crippen LogP contribution in [-0.2, 0) is 4.79 Å². The van der Waals surface area contributed by atoms with Gasteiger partial charge in [-0.3, -0.25) is 9.59 Å². The van der Waals surface area contributed by atoms with Crippen molar-refractivity contribution in [1.82, 2.24) is 0 Å². The van der Waals surface area contributed by atoms with E-state index in [0.29, 0.717) is 11.3 Å². The van der Waals surface area contributed by atoms with Crippen LogP contribution in [0.2, 0.25) is 0 Å². The fourth-order valence-corrected chi connectivity index (χ4v) is 2.41. The Balaban J connectivity index is 2.10. The van der Waals surface area contributed by atoms with Gasteiger partial charge in [0.25, 0.3) is 0 Å². The molecule has 4 heteroatoms. The second-order valence-corrected chi connectivity index (χ2v) is 5.78. The molecule has 0 aromatic heterocycles. The van der Waals surface area contributed by atoms with Crippen molar-refractivity contribution in [2.24, 2.45) is 0 Å². The molecular formula is C19H22N2O2. The maximum Gasteiger partial charge on any atom is 0.246 e. The van der Waals surface area contributed by atoms with Crippen molar-refractivity contribution in [3.63, 3.8) is 0 Å². The van der Waals surface area contributed by atoms with E-state index < -0.39 is 6.04 Å². The standard InChI is InChI=1S/C19H22N2O2/c1-12-9-10-17(13(2)11-12)20-14(3)19(23)21-18-8-6-5-7-16(18)15(4)22/h5-11,14,20H,1-4H3,(H,21,23)/t14-/m1/s1. The number of ketones is 1. The van der Waals surface area contributed by atoms with Gasteiger partial charge in [-0.15, -0.1) is 0 Å². The maximum absolute atomic E-state index is 12.4. The molecule has 0 saturated heterocycles. The van der Waals surface area contributed by atoms with Crippen LogP contribution in [0.25, 0.3) is 0 Å². The molecule has 0 aliphatic carbocycles. The summed E-state index contributed by atoms with van der Waals surface area (Å²) in [5, 5.41) is 6.03. The van der Waals surface area contributed by atoms with E-state index in [-0.39, 0.29) is 11.7 Å². The van der Waals surface area contributed by atoms with Crippen LogP contribution in [0.4, 0.5) is 11.4 Å². The molecule has 2 rings (SSSR count). The summed E-state index contributed by atoms with van der Waals surface area (Å²) in [5.74, 6) is -0.255. The van der Waals surface area contributed by atoms with Gasteiger partial charge in [-0.05, 0) is 51.5 Å². The van der Waals surface area contributed by atoms with Gasteiger partial charge in [0, 0.05) is 11.3 Å². The first-order valence-electron chi connectivity index (χ1n) is 7.63. The van der Waals surface area contributed by atoms with Crippen molar-refractivity contribution in [2.75, 3.05) is 10.6 Å². The topological polar surface area (TPSA) is 58.2 Å². The van der Waals surface area contributed by atoms with Crippen molar-refractivity contribution in [3.8, 4) is 0 Å². The quantitative estimate of drug-likeness (QED) is 0.822. The van der Waals surface area contributed by atoms with Crippen LogP contribution in [0, 0.1) is 13.8 Å². The molecule has 0 heterocycles. The SMILES string of the molecule is CC(=O)c1ccccc1NC(=O)[C@@H](C)Nc1ccc(C)cc1C. The normalized spacial score (nSPS) is 11.7. The number of amides is 1. The Labute approximate surface area is 136 Å². The van der Waals surface area contributed by atoms with E-state index >= 15 is 0 Å². The van der Waals surface area contributed by atoms with Gasteiger partial charge in [-0.1, -0.05) is 29.8 Å². The molecule has 120 valence electrons. The van der Waals surface area contributed by atoms with Gasteiger partial charge in [0.15, 0.2) is 5.78 Å². The average Bonchev–Trinajstić information content (AvgIpc) is 2.50. The zero-order chi connectivity index (χ0) is 17.0. The number of para-hydroxylation sites is 1. The van der Waals surface area contributed by atoms with Crippen LogP contribution < -0.4 is 10.6 Å². The molecule has 23 heavy (non-hydrogen) atoms. The van der Waals surface area contributed by atoms with E-state index in [2.05, 4.69) is 16.7 Å². The van der Waals surface area contributed by atoms with E-state index in [9.17, 15) is 9.59 Å². The number of hydrogen-bond acceptors (Lipinski definition) is 3. The molecule has 4 nitrogen and oxygen atoms in total. The summed E-state index contributed by atoms with van der Waals surface area (Å²) in [6, 6.07) is 12.6. The van der Waals surface area contributed by atoms with E-state index in [1.807, 2.05) is 26.0 Å². The summed E-state index contributed by atoms with van der Waals surface area (Å²) in [7, 11) is 0. The van der Waals surface area contributed by atoms with Crippen LogP contribution in [-0.4, -0.2) is 17.7 Å². The fourth-order valence-electron chi connectivity index (χ4n) is 2.41. The third kappa shape index (κ3) is 4.19. The Kier molecular flexibility index (Phi) is 5.16. The van der Waals surface area contributed by atoms with Gasteiger partial charge in [-0.25, -0.2) is 0 Å². The number of aryl methyl sites for hydroxylation is 2. The molecule has 0 bridgehead atoms. The van der Waals surface area contributed by atoms with Crippen molar-refractivity contribution >= 4 is 23.1 Å². The number of anilines is 2. The van der Waals surface area contributed by atoms with Gasteiger partial charge in [-0.2, -0.15) is 0 Å². The predicted octanol–water partition coefficient (Wildman–Crippen LogP) is 3.95. The Morgan fingerprint density at radius 2 is 1.70 bits per heavy atom. The van der Waals surface area contributed by atoms with E-state index in [0.717, 1.165) is 11.3 Å². The summed E-state index contributed by atoms with van der Waals surface area (Å²) >= 11 is 0. The highest BCUT2D eigenvalue weighted by Crippen LogP contribution is 2.19. The fraction of sp³-hybridized carbons (Fsp3) is 0.263. The number of rotatable bonds is 5. The summed E-state index contributed by atoms with van der Waals surface area (Å²) in [4.78, 5) is 24.0. The molecule has 0 saturated carbocycles. The van der Waals surface area contributed by atoms with Crippen molar-refractivity contribution in [3.05, 3.63) is 59.2 Å². The lowest BCUT2D eigenvalue weighted by atomic mass is 10.1. The minimum atomic E-state index is -0.420. The molecule has 0 radical (unpaired) electrons. The summed E-state index contributed by atoms with van der Waals surface area (Å²) in [6.45, 7) is 7.32. The van der Waals surface area contributed by atoms with Crippen LogP contribution in [0.3, 0.4) is 0 Å². The van der Waals surface area contributed by atoms with Crippen molar-refractivity contribution < 1.29 is 9.59 Å². The molecule has 0 aliphatic rings. The molecule has 1 amide bonds. The minimum absolute atomic E-state index is 0.0732. The molecule has 2 N–H and O–H groups in total. The zero-order valence-corrected chi connectivity index (χ0v) is 13.9. The average molecular weight is 310 g/mol. The smallest absolute Gasteiger partial charge is 0.246 e. The zero-order valence-electron chi connectivity index (χ0n) is 13.9. The van der Waals surface area contributed by atoms with E-state index in [1.165, 1.54) is 12.5 Å². The van der Waals surface area contributed by atoms with Gasteiger partial charge in [0.05, 0.1) is 5.69 Å². The molecule has 0 spiro atoms. The molecule has 2 aromatic carbocycles. The molecule has 0 unspecified atom stereocenters. The molecule has 0 aliphatic heterocycles. The van der Waals surface area contributed by atoms with Gasteiger partial charge in [0.2, 0.25) is 5.91 Å². The molecule has 0 fully saturated rings. The van der Waals surface area contributed by atoms with Crippen LogP contribution >= 0.6 is 0 Å². The van der Waals surface area contributed by atoms with Crippen LogP contribution in [0.5, 0.6) is 0 Å². The van der Waals surface area contributed by atoms with Crippen LogP contribution in [0.15, 0.2) is 42.5 Å². The molecular weight excluding hydrogens is 288 g/mol. The first-order chi connectivity index (χ1) is 10.9. The third-order valence-electron chi connectivity index (χ3n) is 3.71. The number of Topliss-reactive ketones (excluding diaryl/α,β-unsaturated/α-hetero) is 1. The summed E-state index contributed by atoms with van der Waals surface area (Å²) in [6.07, 6.45) is 0. The molecule has 1 atom stereocenters. The second-order valence-electron chi connectivity index (χ2n) is 5.78. The number of hydrogen-bond donors (Lipinski definition) is 2. The number of carbonyl (C=O) groups excluding carboxylic acids is 2. The van der Waals surface area contributed by atoms with Crippen molar-refractivity contribution in [1.29, 1.82) is 0 Å². The summed E-state index contributed by atoms with van der Waals surface area (Å²) < 4.78 is 0. The van der Waals surface area contributed by atoms with E-state index in [1.54, 1.807) is 31.2 Å². The lowest BCUT2D eigenvalue weighted by Crippen LogP contribution is -2.32. The number of carbonyl (C=O) groups is 2. The highest BCUT2D eigenvalue weighted by atomic mass is 16.2. The monoisotopic (exact) mass is 310 g/mol. The number of nitrogens with one attached hydrogen (secondary N) is 2. The minimum Gasteiger partial charge on any atom is -0.374 e. The van der Waals surface area contributed by atoms with Gasteiger partial charge >= 0.3 is 0 Å². The Morgan fingerprint density at radius 3 is 2.35 bits per heavy atom. The number of benzene rings is 2. The first-order valence-corrected chi connectivity index (χ1v) is 7.63. The highest BCUT2D eigenvalue weighted by Gasteiger charge is 2.16. The highest BCUT2D eigenvalue weighted by molar-refractivity contribution is 6.05. The predicted molar refractivity (Wildman–Crippen MR) is 94.1 cm³/mol. The van der Waals surface area contributed by atoms with Gasteiger partial charge < -0.3 is 10.6 Å². The van der Waals surface area contributed by atoms with Crippen molar-refractivity contribution in [2.45, 2.75) is 33.7 Å². The third-order valence-corrected chi connectivity index (χ3v) is 3.71.